The lowest BCUT2D eigenvalue weighted by molar-refractivity contribution is 0.616. The molecule has 1 nitrogen and oxygen atoms in total. The smallest absolute Gasteiger partial charge is 0.134 e. The van der Waals surface area contributed by atoms with Gasteiger partial charge in [0.1, 0.15) is 5.58 Å². The van der Waals surface area contributed by atoms with Crippen LogP contribution in [0.5, 0.6) is 0 Å². The SMILES string of the molecule is Ic1ccc2cc3c(ccc4c5ccoc5ccc34)cc2c1. The lowest BCUT2D eigenvalue weighted by Gasteiger charge is -2.07. The van der Waals surface area contributed by atoms with E-state index in [0.29, 0.717) is 0 Å². The van der Waals surface area contributed by atoms with Crippen LogP contribution in [0.1, 0.15) is 0 Å². The minimum absolute atomic E-state index is 0.946. The van der Waals surface area contributed by atoms with Crippen LogP contribution in [0.4, 0.5) is 0 Å². The molecule has 4 aromatic carbocycles. The summed E-state index contributed by atoms with van der Waals surface area (Å²) in [4.78, 5) is 0. The van der Waals surface area contributed by atoms with Gasteiger partial charge in [-0.1, -0.05) is 24.3 Å². The van der Waals surface area contributed by atoms with Gasteiger partial charge in [-0.2, -0.15) is 0 Å². The Morgan fingerprint density at radius 3 is 2.36 bits per heavy atom. The maximum absolute atomic E-state index is 5.52. The summed E-state index contributed by atoms with van der Waals surface area (Å²) in [7, 11) is 0. The average Bonchev–Trinajstić information content (AvgIpc) is 3.01. The van der Waals surface area contributed by atoms with E-state index in [1.165, 1.54) is 41.3 Å². The number of benzene rings is 4. The summed E-state index contributed by atoms with van der Waals surface area (Å²) in [5, 5.41) is 8.88. The first-order valence-electron chi connectivity index (χ1n) is 7.21. The Kier molecular flexibility index (Phi) is 2.53. The van der Waals surface area contributed by atoms with Crippen LogP contribution in [0.3, 0.4) is 0 Å². The Morgan fingerprint density at radius 2 is 1.41 bits per heavy atom. The molecule has 0 amide bonds. The molecule has 22 heavy (non-hydrogen) atoms. The maximum atomic E-state index is 5.52. The third-order valence-electron chi connectivity index (χ3n) is 4.37. The van der Waals surface area contributed by atoms with Crippen molar-refractivity contribution in [3.05, 3.63) is 70.5 Å². The first kappa shape index (κ1) is 12.5. The third-order valence-corrected chi connectivity index (χ3v) is 5.04. The zero-order valence-corrected chi connectivity index (χ0v) is 13.8. The van der Waals surface area contributed by atoms with Crippen LogP contribution in [0, 0.1) is 3.57 Å². The van der Waals surface area contributed by atoms with Gasteiger partial charge in [-0.25, -0.2) is 0 Å². The van der Waals surface area contributed by atoms with E-state index in [0.717, 1.165) is 5.58 Å². The van der Waals surface area contributed by atoms with Crippen molar-refractivity contribution < 1.29 is 4.42 Å². The summed E-state index contributed by atoms with van der Waals surface area (Å²) < 4.78 is 6.79. The van der Waals surface area contributed by atoms with Crippen molar-refractivity contribution in [3.8, 4) is 0 Å². The summed E-state index contributed by atoms with van der Waals surface area (Å²) >= 11 is 2.36. The van der Waals surface area contributed by atoms with E-state index in [1.54, 1.807) is 6.26 Å². The summed E-state index contributed by atoms with van der Waals surface area (Å²) in [6.45, 7) is 0. The second-order valence-electron chi connectivity index (χ2n) is 5.62. The Labute approximate surface area is 140 Å². The van der Waals surface area contributed by atoms with Gasteiger partial charge in [0.2, 0.25) is 0 Å². The van der Waals surface area contributed by atoms with Crippen LogP contribution in [-0.2, 0) is 0 Å². The molecule has 5 rings (SSSR count). The summed E-state index contributed by atoms with van der Waals surface area (Å²) in [5.41, 5.74) is 0.946. The normalized spacial score (nSPS) is 11.9. The fourth-order valence-corrected chi connectivity index (χ4v) is 3.83. The van der Waals surface area contributed by atoms with Gasteiger partial charge >= 0.3 is 0 Å². The van der Waals surface area contributed by atoms with E-state index >= 15 is 0 Å². The molecule has 0 aliphatic heterocycles. The Balaban J connectivity index is 2.00. The molecule has 1 heterocycles. The minimum atomic E-state index is 0.946. The molecule has 0 atom stereocenters. The van der Waals surface area contributed by atoms with E-state index in [9.17, 15) is 0 Å². The summed E-state index contributed by atoms with van der Waals surface area (Å²) in [5.74, 6) is 0. The number of rotatable bonds is 0. The van der Waals surface area contributed by atoms with Crippen LogP contribution in [0.15, 0.2) is 71.3 Å². The fraction of sp³-hybridized carbons (Fsp3) is 0. The Morgan fingerprint density at radius 1 is 0.591 bits per heavy atom. The molecule has 0 bridgehead atoms. The minimum Gasteiger partial charge on any atom is -0.464 e. The first-order valence-corrected chi connectivity index (χ1v) is 8.29. The molecule has 1 aromatic heterocycles. The predicted molar refractivity (Wildman–Crippen MR) is 101 cm³/mol. The molecule has 5 aromatic rings. The highest BCUT2D eigenvalue weighted by molar-refractivity contribution is 14.1. The first-order chi connectivity index (χ1) is 10.8. The average molecular weight is 394 g/mol. The van der Waals surface area contributed by atoms with Gasteiger partial charge in [0.15, 0.2) is 0 Å². The van der Waals surface area contributed by atoms with Crippen LogP contribution < -0.4 is 0 Å². The fourth-order valence-electron chi connectivity index (χ4n) is 3.31. The third kappa shape index (κ3) is 1.70. The molecular weight excluding hydrogens is 383 g/mol. The zero-order chi connectivity index (χ0) is 14.7. The molecule has 0 unspecified atom stereocenters. The van der Waals surface area contributed by atoms with Gasteiger partial charge in [-0.3, -0.25) is 0 Å². The van der Waals surface area contributed by atoms with Crippen molar-refractivity contribution in [2.75, 3.05) is 0 Å². The summed E-state index contributed by atoms with van der Waals surface area (Å²) in [6.07, 6.45) is 1.76. The number of furan rings is 1. The van der Waals surface area contributed by atoms with Crippen molar-refractivity contribution >= 4 is 65.9 Å². The second-order valence-corrected chi connectivity index (χ2v) is 6.87. The molecule has 0 saturated carbocycles. The van der Waals surface area contributed by atoms with Gasteiger partial charge in [0.25, 0.3) is 0 Å². The molecule has 0 radical (unpaired) electrons. The highest BCUT2D eigenvalue weighted by Gasteiger charge is 2.07. The number of halogens is 1. The van der Waals surface area contributed by atoms with E-state index in [-0.39, 0.29) is 0 Å². The molecule has 0 fully saturated rings. The second kappa shape index (κ2) is 4.46. The van der Waals surface area contributed by atoms with Crippen LogP contribution >= 0.6 is 22.6 Å². The molecule has 0 saturated heterocycles. The lowest BCUT2D eigenvalue weighted by Crippen LogP contribution is -1.81. The van der Waals surface area contributed by atoms with Gasteiger partial charge in [0, 0.05) is 8.96 Å². The molecule has 104 valence electrons. The largest absolute Gasteiger partial charge is 0.464 e. The number of hydrogen-bond acceptors (Lipinski definition) is 1. The molecule has 2 heteroatoms. The summed E-state index contributed by atoms with van der Waals surface area (Å²) in [6, 6.07) is 21.9. The lowest BCUT2D eigenvalue weighted by atomic mass is 9.97. The highest BCUT2D eigenvalue weighted by atomic mass is 127. The Hall–Kier alpha value is -2.07. The van der Waals surface area contributed by atoms with Gasteiger partial charge in [0.05, 0.1) is 6.26 Å². The van der Waals surface area contributed by atoms with Crippen molar-refractivity contribution in [2.45, 2.75) is 0 Å². The zero-order valence-electron chi connectivity index (χ0n) is 11.6. The molecule has 0 N–H and O–H groups in total. The predicted octanol–water partition coefficient (Wildman–Crippen LogP) is 6.50. The standard InChI is InChI=1S/C20H11IO/c21-15-3-1-12-11-19-13(9-14(12)10-15)2-4-16-17(19)5-6-20-18(16)7-8-22-20/h1-11H. The van der Waals surface area contributed by atoms with Crippen LogP contribution in [0.2, 0.25) is 0 Å². The maximum Gasteiger partial charge on any atom is 0.134 e. The van der Waals surface area contributed by atoms with Crippen molar-refractivity contribution in [1.82, 2.24) is 0 Å². The van der Waals surface area contributed by atoms with Crippen molar-refractivity contribution in [2.24, 2.45) is 0 Å². The van der Waals surface area contributed by atoms with Crippen LogP contribution in [-0.4, -0.2) is 0 Å². The Bertz CT molecular complexity index is 1180. The molecule has 0 aliphatic rings. The van der Waals surface area contributed by atoms with E-state index in [2.05, 4.69) is 77.2 Å². The van der Waals surface area contributed by atoms with Gasteiger partial charge in [-0.05, 0) is 91.3 Å². The molecular formula is C20H11IO. The molecule has 0 spiro atoms. The highest BCUT2D eigenvalue weighted by Crippen LogP contribution is 2.34. The topological polar surface area (TPSA) is 13.1 Å². The quantitative estimate of drug-likeness (QED) is 0.166. The van der Waals surface area contributed by atoms with Gasteiger partial charge < -0.3 is 4.42 Å². The number of fused-ring (bicyclic) bond motifs is 6. The van der Waals surface area contributed by atoms with E-state index in [4.69, 9.17) is 4.42 Å². The van der Waals surface area contributed by atoms with Crippen LogP contribution in [0.25, 0.3) is 43.3 Å². The van der Waals surface area contributed by atoms with E-state index in [1.807, 2.05) is 6.07 Å². The monoisotopic (exact) mass is 394 g/mol. The van der Waals surface area contributed by atoms with Crippen molar-refractivity contribution in [1.29, 1.82) is 0 Å². The van der Waals surface area contributed by atoms with Crippen molar-refractivity contribution in [3.63, 3.8) is 0 Å². The number of hydrogen-bond donors (Lipinski definition) is 0. The molecule has 0 aliphatic carbocycles. The van der Waals surface area contributed by atoms with E-state index < -0.39 is 0 Å². The van der Waals surface area contributed by atoms with Gasteiger partial charge in [-0.15, -0.1) is 0 Å².